The first-order valence-electron chi connectivity index (χ1n) is 8.04. The van der Waals surface area contributed by atoms with E-state index in [9.17, 15) is 4.79 Å². The topological polar surface area (TPSA) is 53.6 Å². The minimum absolute atomic E-state index is 0.137. The molecule has 1 heterocycles. The van der Waals surface area contributed by atoms with Crippen LogP contribution in [0.15, 0.2) is 18.2 Å². The first kappa shape index (κ1) is 16.6. The van der Waals surface area contributed by atoms with Crippen LogP contribution in [-0.4, -0.2) is 44.2 Å². The predicted molar refractivity (Wildman–Crippen MR) is 89.6 cm³/mol. The molecule has 2 amide bonds. The molecular weight excluding hydrogens is 278 g/mol. The summed E-state index contributed by atoms with van der Waals surface area (Å²) in [6, 6.07) is 5.49. The summed E-state index contributed by atoms with van der Waals surface area (Å²) in [4.78, 5) is 14.5. The Morgan fingerprint density at radius 3 is 2.95 bits per heavy atom. The summed E-state index contributed by atoms with van der Waals surface area (Å²) in [6.45, 7) is 8.24. The molecule has 122 valence electrons. The molecule has 2 N–H and O–H groups in total. The van der Waals surface area contributed by atoms with E-state index in [0.29, 0.717) is 5.92 Å². The highest BCUT2D eigenvalue weighted by atomic mass is 16.5. The average molecular weight is 305 g/mol. The number of urea groups is 1. The highest BCUT2D eigenvalue weighted by Gasteiger charge is 2.19. The number of nitrogens with one attached hydrogen (secondary N) is 2. The Bertz CT molecular complexity index is 505. The number of aryl methyl sites for hydroxylation is 1. The molecule has 1 aliphatic heterocycles. The van der Waals surface area contributed by atoms with Crippen molar-refractivity contribution in [1.82, 2.24) is 10.2 Å². The average Bonchev–Trinajstić information content (AvgIpc) is 2.55. The van der Waals surface area contributed by atoms with Crippen molar-refractivity contribution in [2.24, 2.45) is 5.92 Å². The maximum atomic E-state index is 12.0. The van der Waals surface area contributed by atoms with Crippen molar-refractivity contribution in [3.8, 4) is 5.75 Å². The SMILES string of the molecule is CCN1CCC[C@@H](CNC(=O)Nc2ccc(OC)cc2C)C1. The molecule has 0 saturated carbocycles. The first-order chi connectivity index (χ1) is 10.6. The van der Waals surface area contributed by atoms with E-state index in [4.69, 9.17) is 4.74 Å². The van der Waals surface area contributed by atoms with E-state index < -0.39 is 0 Å². The summed E-state index contributed by atoms with van der Waals surface area (Å²) in [5.41, 5.74) is 1.81. The summed E-state index contributed by atoms with van der Waals surface area (Å²) in [7, 11) is 1.64. The molecule has 0 radical (unpaired) electrons. The summed E-state index contributed by atoms with van der Waals surface area (Å²) in [5.74, 6) is 1.35. The molecule has 1 saturated heterocycles. The van der Waals surface area contributed by atoms with E-state index in [1.54, 1.807) is 7.11 Å². The fraction of sp³-hybridized carbons (Fsp3) is 0.588. The van der Waals surface area contributed by atoms with Crippen molar-refractivity contribution in [2.75, 3.05) is 38.6 Å². The van der Waals surface area contributed by atoms with Gasteiger partial charge in [-0.15, -0.1) is 0 Å². The lowest BCUT2D eigenvalue weighted by Gasteiger charge is -2.31. The predicted octanol–water partition coefficient (Wildman–Crippen LogP) is 2.86. The van der Waals surface area contributed by atoms with Crippen LogP contribution in [0.4, 0.5) is 10.5 Å². The van der Waals surface area contributed by atoms with Gasteiger partial charge in [0, 0.05) is 18.8 Å². The fourth-order valence-corrected chi connectivity index (χ4v) is 2.91. The van der Waals surface area contributed by atoms with E-state index in [1.807, 2.05) is 25.1 Å². The minimum Gasteiger partial charge on any atom is -0.497 e. The number of amides is 2. The Labute approximate surface area is 133 Å². The number of rotatable bonds is 5. The van der Waals surface area contributed by atoms with Crippen LogP contribution in [0.1, 0.15) is 25.3 Å². The van der Waals surface area contributed by atoms with E-state index in [1.165, 1.54) is 19.4 Å². The zero-order valence-corrected chi connectivity index (χ0v) is 13.8. The van der Waals surface area contributed by atoms with E-state index in [2.05, 4.69) is 22.5 Å². The van der Waals surface area contributed by atoms with Crippen LogP contribution in [0.3, 0.4) is 0 Å². The molecule has 1 aliphatic rings. The molecule has 0 spiro atoms. The molecule has 0 bridgehead atoms. The van der Waals surface area contributed by atoms with Gasteiger partial charge >= 0.3 is 6.03 Å². The summed E-state index contributed by atoms with van der Waals surface area (Å²) >= 11 is 0. The van der Waals surface area contributed by atoms with Gasteiger partial charge in [-0.3, -0.25) is 0 Å². The number of ether oxygens (including phenoxy) is 1. The maximum absolute atomic E-state index is 12.0. The van der Waals surface area contributed by atoms with Crippen LogP contribution in [0.2, 0.25) is 0 Å². The van der Waals surface area contributed by atoms with Crippen molar-refractivity contribution in [2.45, 2.75) is 26.7 Å². The van der Waals surface area contributed by atoms with Crippen molar-refractivity contribution in [3.63, 3.8) is 0 Å². The van der Waals surface area contributed by atoms with Crippen LogP contribution < -0.4 is 15.4 Å². The minimum atomic E-state index is -0.137. The van der Waals surface area contributed by atoms with Crippen LogP contribution in [0, 0.1) is 12.8 Å². The largest absolute Gasteiger partial charge is 0.497 e. The Morgan fingerprint density at radius 2 is 2.27 bits per heavy atom. The maximum Gasteiger partial charge on any atom is 0.319 e. The Morgan fingerprint density at radius 1 is 1.45 bits per heavy atom. The Kier molecular flexibility index (Phi) is 6.07. The lowest BCUT2D eigenvalue weighted by atomic mass is 9.98. The zero-order valence-electron chi connectivity index (χ0n) is 13.8. The lowest BCUT2D eigenvalue weighted by molar-refractivity contribution is 0.180. The third kappa shape index (κ3) is 4.63. The van der Waals surface area contributed by atoms with Gasteiger partial charge in [-0.2, -0.15) is 0 Å². The van der Waals surface area contributed by atoms with Gasteiger partial charge < -0.3 is 20.3 Å². The van der Waals surface area contributed by atoms with Gasteiger partial charge in [0.15, 0.2) is 0 Å². The van der Waals surface area contributed by atoms with E-state index in [-0.39, 0.29) is 6.03 Å². The molecule has 22 heavy (non-hydrogen) atoms. The monoisotopic (exact) mass is 305 g/mol. The number of anilines is 1. The van der Waals surface area contributed by atoms with Gasteiger partial charge in [-0.25, -0.2) is 4.79 Å². The number of benzene rings is 1. The van der Waals surface area contributed by atoms with Crippen LogP contribution in [0.25, 0.3) is 0 Å². The Balaban J connectivity index is 1.80. The standard InChI is InChI=1S/C17H27N3O2/c1-4-20-9-5-6-14(12-20)11-18-17(21)19-16-8-7-15(22-3)10-13(16)2/h7-8,10,14H,4-6,9,11-12H2,1-3H3,(H2,18,19,21)/t14-/m0/s1. The second-order valence-corrected chi connectivity index (χ2v) is 5.92. The fourth-order valence-electron chi connectivity index (χ4n) is 2.91. The number of carbonyl (C=O) groups excluding carboxylic acids is 1. The number of methoxy groups -OCH3 is 1. The third-order valence-electron chi connectivity index (χ3n) is 4.28. The van der Waals surface area contributed by atoms with Gasteiger partial charge in [-0.05, 0) is 62.5 Å². The van der Waals surface area contributed by atoms with Gasteiger partial charge in [0.25, 0.3) is 0 Å². The van der Waals surface area contributed by atoms with Crippen molar-refractivity contribution in [1.29, 1.82) is 0 Å². The molecule has 1 atom stereocenters. The number of hydrogen-bond donors (Lipinski definition) is 2. The number of piperidine rings is 1. The number of carbonyl (C=O) groups is 1. The van der Waals surface area contributed by atoms with Crippen molar-refractivity contribution in [3.05, 3.63) is 23.8 Å². The van der Waals surface area contributed by atoms with Crippen molar-refractivity contribution >= 4 is 11.7 Å². The van der Waals surface area contributed by atoms with E-state index >= 15 is 0 Å². The van der Waals surface area contributed by atoms with Gasteiger partial charge in [-0.1, -0.05) is 6.92 Å². The normalized spacial score (nSPS) is 18.8. The molecule has 5 heteroatoms. The molecule has 1 fully saturated rings. The second kappa shape index (κ2) is 8.03. The van der Waals surface area contributed by atoms with Gasteiger partial charge in [0.1, 0.15) is 5.75 Å². The second-order valence-electron chi connectivity index (χ2n) is 5.92. The molecule has 5 nitrogen and oxygen atoms in total. The molecule has 1 aromatic rings. The quantitative estimate of drug-likeness (QED) is 0.879. The molecule has 0 aromatic heterocycles. The molecule has 1 aromatic carbocycles. The molecule has 0 aliphatic carbocycles. The molecule has 0 unspecified atom stereocenters. The number of hydrogen-bond acceptors (Lipinski definition) is 3. The molecule has 2 rings (SSSR count). The van der Waals surface area contributed by atoms with Crippen LogP contribution in [0.5, 0.6) is 5.75 Å². The summed E-state index contributed by atoms with van der Waals surface area (Å²) in [6.07, 6.45) is 2.41. The Hall–Kier alpha value is -1.75. The third-order valence-corrected chi connectivity index (χ3v) is 4.28. The van der Waals surface area contributed by atoms with Gasteiger partial charge in [0.2, 0.25) is 0 Å². The van der Waals surface area contributed by atoms with Crippen LogP contribution in [-0.2, 0) is 0 Å². The van der Waals surface area contributed by atoms with Crippen molar-refractivity contribution < 1.29 is 9.53 Å². The highest BCUT2D eigenvalue weighted by molar-refractivity contribution is 5.90. The summed E-state index contributed by atoms with van der Waals surface area (Å²) < 4.78 is 5.17. The lowest BCUT2D eigenvalue weighted by Crippen LogP contribution is -2.41. The number of likely N-dealkylation sites (tertiary alicyclic amines) is 1. The highest BCUT2D eigenvalue weighted by Crippen LogP contribution is 2.21. The first-order valence-corrected chi connectivity index (χ1v) is 8.04. The smallest absolute Gasteiger partial charge is 0.319 e. The summed E-state index contributed by atoms with van der Waals surface area (Å²) in [5, 5.41) is 5.90. The van der Waals surface area contributed by atoms with E-state index in [0.717, 1.165) is 36.6 Å². The van der Waals surface area contributed by atoms with Gasteiger partial charge in [0.05, 0.1) is 7.11 Å². The molecular formula is C17H27N3O2. The number of nitrogens with zero attached hydrogens (tertiary/aromatic N) is 1. The van der Waals surface area contributed by atoms with Crippen LogP contribution >= 0.6 is 0 Å². The zero-order chi connectivity index (χ0) is 15.9.